The molecular weight excluding hydrogens is 278 g/mol. The molecule has 0 amide bonds. The Morgan fingerprint density at radius 1 is 1.32 bits per heavy atom. The molecule has 0 bridgehead atoms. The van der Waals surface area contributed by atoms with Gasteiger partial charge in [0.1, 0.15) is 12.4 Å². The van der Waals surface area contributed by atoms with Gasteiger partial charge in [0.05, 0.1) is 0 Å². The number of esters is 1. The molecule has 2 aromatic carbocycles. The van der Waals surface area contributed by atoms with Gasteiger partial charge < -0.3 is 9.47 Å². The van der Waals surface area contributed by atoms with Crippen molar-refractivity contribution in [2.24, 2.45) is 4.99 Å². The molecule has 1 aliphatic heterocycles. The fourth-order valence-corrected chi connectivity index (χ4v) is 2.32. The molecule has 3 rings (SSSR count). The maximum atomic E-state index is 11.8. The van der Waals surface area contributed by atoms with Gasteiger partial charge in [-0.3, -0.25) is 0 Å². The molecule has 1 aliphatic rings. The molecule has 0 saturated heterocycles. The van der Waals surface area contributed by atoms with Crippen LogP contribution in [0.25, 0.3) is 16.8 Å². The molecule has 2 aromatic rings. The van der Waals surface area contributed by atoms with Crippen LogP contribution in [-0.4, -0.2) is 18.5 Å². The van der Waals surface area contributed by atoms with Crippen molar-refractivity contribution in [2.45, 2.75) is 6.92 Å². The number of cyclic esters (lactones) is 1. The number of aliphatic imine (C=N–C) groups is 1. The highest BCUT2D eigenvalue weighted by molar-refractivity contribution is 6.08. The largest absolute Gasteiger partial charge is 0.480 e. The maximum Gasteiger partial charge on any atom is 0.363 e. The molecular formula is C18H13NO3. The van der Waals surface area contributed by atoms with Gasteiger partial charge in [0.2, 0.25) is 0 Å². The molecule has 0 saturated carbocycles. The lowest BCUT2D eigenvalue weighted by atomic mass is 10.0. The minimum Gasteiger partial charge on any atom is -0.480 e. The van der Waals surface area contributed by atoms with Gasteiger partial charge in [-0.1, -0.05) is 36.3 Å². The monoisotopic (exact) mass is 291 g/mol. The van der Waals surface area contributed by atoms with Crippen molar-refractivity contribution in [3.8, 4) is 18.1 Å². The molecule has 0 aromatic heterocycles. The second-order valence-corrected chi connectivity index (χ2v) is 4.74. The van der Waals surface area contributed by atoms with Crippen molar-refractivity contribution in [3.05, 3.63) is 47.7 Å². The number of nitrogens with zero attached hydrogens (tertiary/aromatic N) is 1. The van der Waals surface area contributed by atoms with E-state index in [9.17, 15) is 4.79 Å². The van der Waals surface area contributed by atoms with Crippen molar-refractivity contribution in [3.63, 3.8) is 0 Å². The Hall–Kier alpha value is -3.06. The van der Waals surface area contributed by atoms with E-state index in [-0.39, 0.29) is 12.3 Å². The van der Waals surface area contributed by atoms with Crippen molar-refractivity contribution in [1.29, 1.82) is 0 Å². The van der Waals surface area contributed by atoms with Crippen LogP contribution in [0.5, 0.6) is 5.75 Å². The Balaban J connectivity index is 2.19. The van der Waals surface area contributed by atoms with Crippen LogP contribution in [0.15, 0.2) is 47.1 Å². The zero-order valence-electron chi connectivity index (χ0n) is 12.0. The number of terminal acetylenes is 1. The summed E-state index contributed by atoms with van der Waals surface area (Å²) in [5, 5.41) is 1.99. The van der Waals surface area contributed by atoms with E-state index in [1.165, 1.54) is 0 Å². The number of hydrogen-bond donors (Lipinski definition) is 0. The lowest BCUT2D eigenvalue weighted by molar-refractivity contribution is -0.130. The van der Waals surface area contributed by atoms with Crippen LogP contribution >= 0.6 is 0 Å². The Morgan fingerprint density at radius 2 is 2.14 bits per heavy atom. The summed E-state index contributed by atoms with van der Waals surface area (Å²) >= 11 is 0. The first-order valence-electron chi connectivity index (χ1n) is 6.76. The number of carbonyl (C=O) groups excluding carboxylic acids is 1. The molecule has 22 heavy (non-hydrogen) atoms. The fraction of sp³-hybridized carbons (Fsp3) is 0.111. The Kier molecular flexibility index (Phi) is 3.63. The first kappa shape index (κ1) is 13.9. The first-order valence-corrected chi connectivity index (χ1v) is 6.76. The zero-order valence-corrected chi connectivity index (χ0v) is 12.0. The molecule has 0 aliphatic carbocycles. The molecule has 0 fully saturated rings. The summed E-state index contributed by atoms with van der Waals surface area (Å²) in [6.45, 7) is 1.79. The average Bonchev–Trinajstić information content (AvgIpc) is 2.84. The van der Waals surface area contributed by atoms with Crippen molar-refractivity contribution in [2.75, 3.05) is 6.61 Å². The quantitative estimate of drug-likeness (QED) is 0.496. The zero-order chi connectivity index (χ0) is 15.5. The van der Waals surface area contributed by atoms with Crippen LogP contribution in [0.3, 0.4) is 0 Å². The highest BCUT2D eigenvalue weighted by Gasteiger charge is 2.21. The van der Waals surface area contributed by atoms with E-state index in [0.717, 1.165) is 16.3 Å². The summed E-state index contributed by atoms with van der Waals surface area (Å²) in [7, 11) is 0. The molecule has 0 atom stereocenters. The molecule has 0 N–H and O–H groups in total. The molecule has 0 unspecified atom stereocenters. The third kappa shape index (κ3) is 2.57. The molecule has 0 spiro atoms. The summed E-state index contributed by atoms with van der Waals surface area (Å²) in [6, 6.07) is 11.6. The number of fused-ring (bicyclic) bond motifs is 1. The van der Waals surface area contributed by atoms with Crippen molar-refractivity contribution in [1.82, 2.24) is 0 Å². The minimum atomic E-state index is -0.465. The van der Waals surface area contributed by atoms with Gasteiger partial charge in [0, 0.05) is 12.5 Å². The molecule has 1 heterocycles. The number of rotatable bonds is 3. The van der Waals surface area contributed by atoms with E-state index < -0.39 is 5.97 Å². The van der Waals surface area contributed by atoms with Crippen molar-refractivity contribution >= 4 is 28.7 Å². The number of ether oxygens (including phenoxy) is 2. The minimum absolute atomic E-state index is 0.154. The Morgan fingerprint density at radius 3 is 2.86 bits per heavy atom. The van der Waals surface area contributed by atoms with Crippen LogP contribution in [0.4, 0.5) is 0 Å². The fourth-order valence-electron chi connectivity index (χ4n) is 2.32. The highest BCUT2D eigenvalue weighted by Crippen LogP contribution is 2.31. The smallest absolute Gasteiger partial charge is 0.363 e. The van der Waals surface area contributed by atoms with Crippen LogP contribution in [0, 0.1) is 12.3 Å². The van der Waals surface area contributed by atoms with Crippen LogP contribution < -0.4 is 4.74 Å². The Labute approximate surface area is 128 Å². The number of carbonyl (C=O) groups is 1. The standard InChI is InChI=1S/C18H13NO3/c1-3-10-21-17-9-8-13-6-4-5-7-14(13)15(17)11-16-18(20)22-12(2)19-16/h1,4-9,11H,10H2,2H3/b16-11+. The Bertz CT molecular complexity index is 856. The highest BCUT2D eigenvalue weighted by atomic mass is 16.6. The van der Waals surface area contributed by atoms with Gasteiger partial charge in [-0.05, 0) is 22.9 Å². The summed E-state index contributed by atoms with van der Waals surface area (Å²) in [4.78, 5) is 15.9. The van der Waals surface area contributed by atoms with E-state index in [2.05, 4.69) is 10.9 Å². The molecule has 0 radical (unpaired) electrons. The summed E-state index contributed by atoms with van der Waals surface area (Å²) < 4.78 is 10.5. The van der Waals surface area contributed by atoms with Crippen LogP contribution in [-0.2, 0) is 9.53 Å². The SMILES string of the molecule is C#CCOc1ccc2ccccc2c1/C=C1/N=C(C)OC1=O. The summed E-state index contributed by atoms with van der Waals surface area (Å²) in [5.74, 6) is 2.92. The molecule has 4 nitrogen and oxygen atoms in total. The topological polar surface area (TPSA) is 47.9 Å². The second-order valence-electron chi connectivity index (χ2n) is 4.74. The van der Waals surface area contributed by atoms with E-state index in [4.69, 9.17) is 15.9 Å². The van der Waals surface area contributed by atoms with Crippen molar-refractivity contribution < 1.29 is 14.3 Å². The summed E-state index contributed by atoms with van der Waals surface area (Å²) in [5.41, 5.74) is 1.01. The van der Waals surface area contributed by atoms with E-state index in [0.29, 0.717) is 11.6 Å². The summed E-state index contributed by atoms with van der Waals surface area (Å²) in [6.07, 6.45) is 6.93. The van der Waals surface area contributed by atoms with Gasteiger partial charge in [-0.15, -0.1) is 6.42 Å². The van der Waals surface area contributed by atoms with E-state index in [1.807, 2.05) is 36.4 Å². The van der Waals surface area contributed by atoms with Gasteiger partial charge in [-0.2, -0.15) is 0 Å². The normalized spacial score (nSPS) is 15.5. The lowest BCUT2D eigenvalue weighted by Gasteiger charge is -2.10. The van der Waals surface area contributed by atoms with Gasteiger partial charge in [-0.25, -0.2) is 9.79 Å². The molecule has 108 valence electrons. The number of hydrogen-bond acceptors (Lipinski definition) is 4. The van der Waals surface area contributed by atoms with Crippen LogP contribution in [0.1, 0.15) is 12.5 Å². The third-order valence-electron chi connectivity index (χ3n) is 3.25. The third-order valence-corrected chi connectivity index (χ3v) is 3.25. The first-order chi connectivity index (χ1) is 10.7. The maximum absolute atomic E-state index is 11.8. The lowest BCUT2D eigenvalue weighted by Crippen LogP contribution is -2.01. The number of benzene rings is 2. The molecule has 4 heteroatoms. The van der Waals surface area contributed by atoms with Gasteiger partial charge in [0.15, 0.2) is 11.6 Å². The van der Waals surface area contributed by atoms with E-state index in [1.54, 1.807) is 13.0 Å². The predicted octanol–water partition coefficient (Wildman–Crippen LogP) is 3.17. The van der Waals surface area contributed by atoms with Gasteiger partial charge >= 0.3 is 5.97 Å². The second kappa shape index (κ2) is 5.74. The average molecular weight is 291 g/mol. The van der Waals surface area contributed by atoms with E-state index >= 15 is 0 Å². The van der Waals surface area contributed by atoms with Gasteiger partial charge in [0.25, 0.3) is 0 Å². The van der Waals surface area contributed by atoms with Crippen LogP contribution in [0.2, 0.25) is 0 Å². The predicted molar refractivity (Wildman–Crippen MR) is 85.5 cm³/mol.